The lowest BCUT2D eigenvalue weighted by Gasteiger charge is -2.33. The fraction of sp³-hybridized carbons (Fsp3) is 0.500. The van der Waals surface area contributed by atoms with Gasteiger partial charge in [-0.15, -0.1) is 0 Å². The maximum atomic E-state index is 13.0. The van der Waals surface area contributed by atoms with E-state index in [1.165, 1.54) is 32.9 Å². The summed E-state index contributed by atoms with van der Waals surface area (Å²) in [7, 11) is 0. The Hall–Kier alpha value is -2.58. The molecule has 1 aromatic rings. The van der Waals surface area contributed by atoms with Crippen molar-refractivity contribution in [2.75, 3.05) is 4.90 Å². The second kappa shape index (κ2) is 8.88. The van der Waals surface area contributed by atoms with Gasteiger partial charge < -0.3 is 10.1 Å². The summed E-state index contributed by atoms with van der Waals surface area (Å²) in [5.41, 5.74) is -0.978. The number of halogens is 3. The lowest BCUT2D eigenvalue weighted by molar-refractivity contribution is -0.149. The first-order valence-corrected chi connectivity index (χ1v) is 8.29. The van der Waals surface area contributed by atoms with Gasteiger partial charge >= 0.3 is 12.1 Å². The van der Waals surface area contributed by atoms with Crippen molar-refractivity contribution >= 4 is 23.5 Å². The van der Waals surface area contributed by atoms with E-state index in [-0.39, 0.29) is 5.69 Å². The highest BCUT2D eigenvalue weighted by molar-refractivity contribution is 6.00. The molecule has 0 heterocycles. The van der Waals surface area contributed by atoms with Crippen molar-refractivity contribution in [1.82, 2.24) is 5.32 Å². The predicted molar refractivity (Wildman–Crippen MR) is 92.6 cm³/mol. The molecule has 0 saturated carbocycles. The first-order chi connectivity index (χ1) is 12.3. The van der Waals surface area contributed by atoms with Gasteiger partial charge in [0.2, 0.25) is 11.8 Å². The molecular weight excluding hydrogens is 365 g/mol. The first-order valence-electron chi connectivity index (χ1n) is 8.29. The van der Waals surface area contributed by atoms with Crippen LogP contribution in [-0.4, -0.2) is 30.1 Å². The normalized spacial score (nSPS) is 13.7. The van der Waals surface area contributed by atoms with Gasteiger partial charge in [-0.3, -0.25) is 19.3 Å². The van der Waals surface area contributed by atoms with Gasteiger partial charge in [0.1, 0.15) is 6.04 Å². The molecule has 1 aromatic carbocycles. The fourth-order valence-electron chi connectivity index (χ4n) is 2.65. The van der Waals surface area contributed by atoms with Crippen LogP contribution >= 0.6 is 0 Å². The highest BCUT2D eigenvalue weighted by atomic mass is 19.4. The molecule has 1 N–H and O–H groups in total. The molecule has 2 amide bonds. The van der Waals surface area contributed by atoms with Crippen molar-refractivity contribution < 1.29 is 32.3 Å². The third-order valence-electron chi connectivity index (χ3n) is 3.66. The Kier molecular flexibility index (Phi) is 7.38. The van der Waals surface area contributed by atoms with Crippen molar-refractivity contribution in [3.8, 4) is 0 Å². The van der Waals surface area contributed by atoms with Crippen LogP contribution in [0.25, 0.3) is 0 Å². The first kappa shape index (κ1) is 22.5. The van der Waals surface area contributed by atoms with Crippen LogP contribution in [-0.2, 0) is 25.3 Å². The molecule has 0 fully saturated rings. The number of carbonyl (C=O) groups excluding carboxylic acids is 3. The Morgan fingerprint density at radius 1 is 1.11 bits per heavy atom. The molecule has 0 saturated heterocycles. The molecule has 0 aliphatic heterocycles. The Labute approximate surface area is 155 Å². The Morgan fingerprint density at radius 2 is 1.70 bits per heavy atom. The topological polar surface area (TPSA) is 75.7 Å². The highest BCUT2D eigenvalue weighted by Crippen LogP contribution is 2.32. The van der Waals surface area contributed by atoms with Crippen LogP contribution in [0.3, 0.4) is 0 Å². The molecule has 6 nitrogen and oxygen atoms in total. The second-order valence-electron chi connectivity index (χ2n) is 6.39. The third kappa shape index (κ3) is 6.26. The van der Waals surface area contributed by atoms with E-state index in [2.05, 4.69) is 5.32 Å². The number of nitrogens with zero attached hydrogens (tertiary/aromatic N) is 1. The van der Waals surface area contributed by atoms with E-state index in [0.29, 0.717) is 0 Å². The zero-order valence-corrected chi connectivity index (χ0v) is 15.8. The van der Waals surface area contributed by atoms with Crippen molar-refractivity contribution in [3.05, 3.63) is 29.8 Å². The monoisotopic (exact) mass is 388 g/mol. The van der Waals surface area contributed by atoms with Gasteiger partial charge in [0, 0.05) is 19.5 Å². The summed E-state index contributed by atoms with van der Waals surface area (Å²) in [6.07, 6.45) is -5.54. The van der Waals surface area contributed by atoms with E-state index >= 15 is 0 Å². The molecule has 150 valence electrons. The van der Waals surface area contributed by atoms with E-state index in [9.17, 15) is 27.6 Å². The van der Waals surface area contributed by atoms with Crippen molar-refractivity contribution in [2.45, 2.75) is 53.1 Å². The summed E-state index contributed by atoms with van der Waals surface area (Å²) >= 11 is 0. The molecular formula is C18H23F3N2O4. The van der Waals surface area contributed by atoms with Crippen LogP contribution in [0.1, 0.15) is 40.2 Å². The average Bonchev–Trinajstić information content (AvgIpc) is 2.49. The van der Waals surface area contributed by atoms with Crippen LogP contribution in [0.15, 0.2) is 24.3 Å². The molecule has 0 aromatic heterocycles. The molecule has 0 radical (unpaired) electrons. The molecule has 2 atom stereocenters. The zero-order chi connectivity index (χ0) is 20.9. The van der Waals surface area contributed by atoms with Crippen molar-refractivity contribution in [3.63, 3.8) is 0 Å². The number of hydrogen-bond donors (Lipinski definition) is 1. The SMILES string of the molecule is CC(=O)OC(C)NC(=O)C(C(C)C)N(C(C)=O)c1cccc(C(F)(F)F)c1. The van der Waals surface area contributed by atoms with E-state index in [1.54, 1.807) is 13.8 Å². The zero-order valence-electron chi connectivity index (χ0n) is 15.8. The Morgan fingerprint density at radius 3 is 2.15 bits per heavy atom. The quantitative estimate of drug-likeness (QED) is 0.600. The number of anilines is 1. The fourth-order valence-corrected chi connectivity index (χ4v) is 2.65. The minimum absolute atomic E-state index is 0.0497. The van der Waals surface area contributed by atoms with E-state index in [1.807, 2.05) is 0 Å². The number of benzene rings is 1. The maximum Gasteiger partial charge on any atom is 0.416 e. The van der Waals surface area contributed by atoms with E-state index in [0.717, 1.165) is 17.0 Å². The number of esters is 1. The molecule has 0 aliphatic rings. The molecule has 0 aliphatic carbocycles. The number of rotatable bonds is 6. The predicted octanol–water partition coefficient (Wildman–Crippen LogP) is 3.11. The second-order valence-corrected chi connectivity index (χ2v) is 6.39. The van der Waals surface area contributed by atoms with Crippen LogP contribution in [0.4, 0.5) is 18.9 Å². The summed E-state index contributed by atoms with van der Waals surface area (Å²) in [6.45, 7) is 7.08. The highest BCUT2D eigenvalue weighted by Gasteiger charge is 2.35. The summed E-state index contributed by atoms with van der Waals surface area (Å²) in [5, 5.41) is 2.44. The molecule has 27 heavy (non-hydrogen) atoms. The van der Waals surface area contributed by atoms with Gasteiger partial charge in [-0.2, -0.15) is 13.2 Å². The average molecular weight is 388 g/mol. The van der Waals surface area contributed by atoms with Crippen LogP contribution in [0, 0.1) is 5.92 Å². The largest absolute Gasteiger partial charge is 0.442 e. The number of hydrogen-bond acceptors (Lipinski definition) is 4. The number of ether oxygens (including phenoxy) is 1. The minimum atomic E-state index is -4.59. The molecule has 0 bridgehead atoms. The van der Waals surface area contributed by atoms with Crippen LogP contribution in [0.2, 0.25) is 0 Å². The Balaban J connectivity index is 3.26. The number of alkyl halides is 3. The summed E-state index contributed by atoms with van der Waals surface area (Å²) in [6, 6.07) is 3.11. The summed E-state index contributed by atoms with van der Waals surface area (Å²) in [5.74, 6) is -2.27. The Bertz CT molecular complexity index is 704. The van der Waals surface area contributed by atoms with Gasteiger partial charge in [0.05, 0.1) is 5.56 Å². The number of nitrogens with one attached hydrogen (secondary N) is 1. The van der Waals surface area contributed by atoms with E-state index in [4.69, 9.17) is 4.74 Å². The molecule has 9 heteroatoms. The van der Waals surface area contributed by atoms with Gasteiger partial charge in [-0.25, -0.2) is 0 Å². The van der Waals surface area contributed by atoms with Gasteiger partial charge in [0.25, 0.3) is 0 Å². The molecule has 0 spiro atoms. The lowest BCUT2D eigenvalue weighted by Crippen LogP contribution is -2.54. The molecule has 1 rings (SSSR count). The third-order valence-corrected chi connectivity index (χ3v) is 3.66. The lowest BCUT2D eigenvalue weighted by atomic mass is 10.00. The maximum absolute atomic E-state index is 13.0. The minimum Gasteiger partial charge on any atom is -0.442 e. The summed E-state index contributed by atoms with van der Waals surface area (Å²) in [4.78, 5) is 36.9. The van der Waals surface area contributed by atoms with Crippen LogP contribution < -0.4 is 10.2 Å². The molecule has 2 unspecified atom stereocenters. The van der Waals surface area contributed by atoms with Crippen molar-refractivity contribution in [2.24, 2.45) is 5.92 Å². The summed E-state index contributed by atoms with van der Waals surface area (Å²) < 4.78 is 43.9. The van der Waals surface area contributed by atoms with Gasteiger partial charge in [0.15, 0.2) is 6.23 Å². The van der Waals surface area contributed by atoms with E-state index < -0.39 is 47.7 Å². The van der Waals surface area contributed by atoms with Gasteiger partial charge in [-0.05, 0) is 31.0 Å². The number of amides is 2. The number of carbonyl (C=O) groups is 3. The smallest absolute Gasteiger partial charge is 0.416 e. The van der Waals surface area contributed by atoms with Gasteiger partial charge in [-0.1, -0.05) is 19.9 Å². The van der Waals surface area contributed by atoms with Crippen molar-refractivity contribution in [1.29, 1.82) is 0 Å². The standard InChI is InChI=1S/C18H23F3N2O4/c1-10(2)16(17(26)22-11(3)27-13(5)25)23(12(4)24)15-8-6-7-14(9-15)18(19,20)21/h6-11,16H,1-5H3,(H,22,26). The van der Waals surface area contributed by atoms with Crippen LogP contribution in [0.5, 0.6) is 0 Å².